The van der Waals surface area contributed by atoms with Crippen LogP contribution in [-0.2, 0) is 6.42 Å². The zero-order valence-corrected chi connectivity index (χ0v) is 16.6. The van der Waals surface area contributed by atoms with Crippen LogP contribution in [0.5, 0.6) is 5.75 Å². The van der Waals surface area contributed by atoms with E-state index in [1.165, 1.54) is 12.1 Å². The third kappa shape index (κ3) is 5.90. The molecule has 3 aromatic rings. The van der Waals surface area contributed by atoms with Gasteiger partial charge in [-0.1, -0.05) is 47.7 Å². The first-order valence-corrected chi connectivity index (χ1v) is 9.74. The predicted octanol–water partition coefficient (Wildman–Crippen LogP) is 5.42. The average Bonchev–Trinajstić information content (AvgIpc) is 3.06. The van der Waals surface area contributed by atoms with Crippen LogP contribution in [0.15, 0.2) is 54.6 Å². The van der Waals surface area contributed by atoms with E-state index in [4.69, 9.17) is 0 Å². The van der Waals surface area contributed by atoms with Crippen molar-refractivity contribution in [2.24, 2.45) is 0 Å². The van der Waals surface area contributed by atoms with Gasteiger partial charge in [-0.2, -0.15) is 0 Å². The molecular weight excluding hydrogens is 417 g/mol. The SMILES string of the molecule is Cc1nc(NC(=O)c2cccc(OC(F)(F)F)c2)sc1C(=O)CCc1ccccc1. The summed E-state index contributed by atoms with van der Waals surface area (Å²) in [5.41, 5.74) is 1.51. The number of hydrogen-bond acceptors (Lipinski definition) is 5. The maximum atomic E-state index is 12.5. The molecule has 5 nitrogen and oxygen atoms in total. The third-order valence-corrected chi connectivity index (χ3v) is 5.20. The summed E-state index contributed by atoms with van der Waals surface area (Å²) in [6.07, 6.45) is -3.96. The highest BCUT2D eigenvalue weighted by molar-refractivity contribution is 7.17. The Bertz CT molecular complexity index is 1050. The molecule has 1 amide bonds. The number of amides is 1. The van der Waals surface area contributed by atoms with Gasteiger partial charge in [0.25, 0.3) is 5.91 Å². The monoisotopic (exact) mass is 434 g/mol. The number of aryl methyl sites for hydroxylation is 2. The lowest BCUT2D eigenvalue weighted by molar-refractivity contribution is -0.274. The van der Waals surface area contributed by atoms with E-state index in [1.54, 1.807) is 6.92 Å². The van der Waals surface area contributed by atoms with Gasteiger partial charge in [0, 0.05) is 12.0 Å². The first-order chi connectivity index (χ1) is 14.2. The topological polar surface area (TPSA) is 68.3 Å². The van der Waals surface area contributed by atoms with Gasteiger partial charge in [-0.15, -0.1) is 13.2 Å². The highest BCUT2D eigenvalue weighted by atomic mass is 32.1. The second-order valence-corrected chi connectivity index (χ2v) is 7.37. The first kappa shape index (κ1) is 21.5. The zero-order valence-electron chi connectivity index (χ0n) is 15.8. The number of anilines is 1. The molecule has 0 saturated heterocycles. The number of ketones is 1. The maximum absolute atomic E-state index is 12.5. The summed E-state index contributed by atoms with van der Waals surface area (Å²) in [5.74, 6) is -1.24. The molecule has 0 aliphatic carbocycles. The smallest absolute Gasteiger partial charge is 0.406 e. The van der Waals surface area contributed by atoms with Gasteiger partial charge < -0.3 is 4.74 Å². The standard InChI is InChI=1S/C21H17F3N2O3S/c1-13-18(17(27)11-10-14-6-3-2-4-7-14)30-20(25-13)26-19(28)15-8-5-9-16(12-15)29-21(22,23)24/h2-9,12H,10-11H2,1H3,(H,25,26,28). The molecule has 0 aliphatic heterocycles. The van der Waals surface area contributed by atoms with Crippen LogP contribution in [0.4, 0.5) is 18.3 Å². The van der Waals surface area contributed by atoms with E-state index in [9.17, 15) is 22.8 Å². The number of benzene rings is 2. The van der Waals surface area contributed by atoms with Gasteiger partial charge >= 0.3 is 6.36 Å². The Morgan fingerprint density at radius 1 is 1.10 bits per heavy atom. The van der Waals surface area contributed by atoms with Crippen molar-refractivity contribution in [3.8, 4) is 5.75 Å². The van der Waals surface area contributed by atoms with Crippen molar-refractivity contribution in [3.63, 3.8) is 0 Å². The number of halogens is 3. The van der Waals surface area contributed by atoms with Gasteiger partial charge in [0.05, 0.1) is 10.6 Å². The number of nitrogens with zero attached hydrogens (tertiary/aromatic N) is 1. The van der Waals surface area contributed by atoms with E-state index >= 15 is 0 Å². The number of carbonyl (C=O) groups is 2. The van der Waals surface area contributed by atoms with E-state index < -0.39 is 18.0 Å². The minimum atomic E-state index is -4.85. The molecule has 0 atom stereocenters. The fourth-order valence-corrected chi connectivity index (χ4v) is 3.66. The van der Waals surface area contributed by atoms with E-state index in [0.29, 0.717) is 23.4 Å². The lowest BCUT2D eigenvalue weighted by Crippen LogP contribution is -2.18. The fraction of sp³-hybridized carbons (Fsp3) is 0.190. The number of ether oxygens (including phenoxy) is 1. The van der Waals surface area contributed by atoms with Crippen molar-refractivity contribution in [3.05, 3.63) is 76.3 Å². The molecule has 1 N–H and O–H groups in total. The van der Waals surface area contributed by atoms with Gasteiger partial charge in [-0.05, 0) is 37.1 Å². The van der Waals surface area contributed by atoms with Crippen LogP contribution < -0.4 is 10.1 Å². The van der Waals surface area contributed by atoms with Crippen molar-refractivity contribution < 1.29 is 27.5 Å². The van der Waals surface area contributed by atoms with Gasteiger partial charge in [-0.3, -0.25) is 14.9 Å². The lowest BCUT2D eigenvalue weighted by Gasteiger charge is -2.09. The van der Waals surface area contributed by atoms with Crippen LogP contribution in [0.1, 0.15) is 37.7 Å². The predicted molar refractivity (Wildman–Crippen MR) is 107 cm³/mol. The molecule has 0 unspecified atom stereocenters. The maximum Gasteiger partial charge on any atom is 0.573 e. The Morgan fingerprint density at radius 3 is 2.53 bits per heavy atom. The minimum Gasteiger partial charge on any atom is -0.406 e. The average molecular weight is 434 g/mol. The van der Waals surface area contributed by atoms with Crippen LogP contribution in [0.3, 0.4) is 0 Å². The minimum absolute atomic E-state index is 0.0263. The summed E-state index contributed by atoms with van der Waals surface area (Å²) in [7, 11) is 0. The molecule has 1 aromatic heterocycles. The molecule has 0 fully saturated rings. The van der Waals surface area contributed by atoms with Gasteiger partial charge in [0.1, 0.15) is 5.75 Å². The molecule has 0 bridgehead atoms. The third-order valence-electron chi connectivity index (χ3n) is 4.08. The highest BCUT2D eigenvalue weighted by Gasteiger charge is 2.31. The fourth-order valence-electron chi connectivity index (χ4n) is 2.73. The normalized spacial score (nSPS) is 11.2. The second-order valence-electron chi connectivity index (χ2n) is 6.37. The summed E-state index contributed by atoms with van der Waals surface area (Å²) in [6.45, 7) is 1.67. The Labute approximate surface area is 174 Å². The first-order valence-electron chi connectivity index (χ1n) is 8.93. The van der Waals surface area contributed by atoms with Crippen LogP contribution in [0.25, 0.3) is 0 Å². The van der Waals surface area contributed by atoms with Crippen molar-refractivity contribution >= 4 is 28.2 Å². The molecular formula is C21H17F3N2O3S. The molecule has 2 aromatic carbocycles. The number of rotatable bonds is 7. The lowest BCUT2D eigenvalue weighted by atomic mass is 10.1. The van der Waals surface area contributed by atoms with Crippen LogP contribution in [-0.4, -0.2) is 23.0 Å². The summed E-state index contributed by atoms with van der Waals surface area (Å²) in [4.78, 5) is 29.5. The molecule has 30 heavy (non-hydrogen) atoms. The Morgan fingerprint density at radius 2 is 1.83 bits per heavy atom. The van der Waals surface area contributed by atoms with Crippen LogP contribution in [0.2, 0.25) is 0 Å². The Kier molecular flexibility index (Phi) is 6.51. The number of Topliss-reactive ketones (excluding diaryl/α,β-unsaturated/α-hetero) is 1. The number of aromatic nitrogens is 1. The van der Waals surface area contributed by atoms with E-state index in [-0.39, 0.29) is 16.5 Å². The number of alkyl halides is 3. The summed E-state index contributed by atoms with van der Waals surface area (Å²) in [5, 5.41) is 2.71. The molecule has 9 heteroatoms. The van der Waals surface area contributed by atoms with Crippen molar-refractivity contribution in [2.75, 3.05) is 5.32 Å². The van der Waals surface area contributed by atoms with Gasteiger partial charge in [0.2, 0.25) is 0 Å². The highest BCUT2D eigenvalue weighted by Crippen LogP contribution is 2.26. The van der Waals surface area contributed by atoms with E-state index in [2.05, 4.69) is 15.0 Å². The van der Waals surface area contributed by atoms with Crippen molar-refractivity contribution in [1.29, 1.82) is 0 Å². The van der Waals surface area contributed by atoms with Gasteiger partial charge in [-0.25, -0.2) is 4.98 Å². The number of thiazole rings is 1. The number of nitrogens with one attached hydrogen (secondary N) is 1. The van der Waals surface area contributed by atoms with Crippen LogP contribution >= 0.6 is 11.3 Å². The van der Waals surface area contributed by atoms with E-state index in [0.717, 1.165) is 29.0 Å². The summed E-state index contributed by atoms with van der Waals surface area (Å²) >= 11 is 1.04. The molecule has 3 rings (SSSR count). The molecule has 156 valence electrons. The van der Waals surface area contributed by atoms with Crippen molar-refractivity contribution in [2.45, 2.75) is 26.1 Å². The second kappa shape index (κ2) is 9.08. The molecule has 0 aliphatic rings. The molecule has 1 heterocycles. The number of carbonyl (C=O) groups excluding carboxylic acids is 2. The zero-order chi connectivity index (χ0) is 21.7. The van der Waals surface area contributed by atoms with Gasteiger partial charge in [0.15, 0.2) is 10.9 Å². The quantitative estimate of drug-likeness (QED) is 0.505. The van der Waals surface area contributed by atoms with E-state index in [1.807, 2.05) is 30.3 Å². The number of hydrogen-bond donors (Lipinski definition) is 1. The summed E-state index contributed by atoms with van der Waals surface area (Å²) in [6, 6.07) is 14.3. The Balaban J connectivity index is 1.66. The molecule has 0 radical (unpaired) electrons. The Hall–Kier alpha value is -3.20. The molecule has 0 spiro atoms. The van der Waals surface area contributed by atoms with Crippen molar-refractivity contribution in [1.82, 2.24) is 4.98 Å². The van der Waals surface area contributed by atoms with Crippen LogP contribution in [0, 0.1) is 6.92 Å². The molecule has 0 saturated carbocycles. The summed E-state index contributed by atoms with van der Waals surface area (Å²) < 4.78 is 40.9. The largest absolute Gasteiger partial charge is 0.573 e.